The summed E-state index contributed by atoms with van der Waals surface area (Å²) in [6.07, 6.45) is 0. The molecule has 0 bridgehead atoms. The molecule has 0 saturated carbocycles. The summed E-state index contributed by atoms with van der Waals surface area (Å²) >= 11 is 3.27. The molecule has 1 aromatic heterocycles. The summed E-state index contributed by atoms with van der Waals surface area (Å²) in [5.74, 6) is -0.419. The monoisotopic (exact) mass is 474 g/mol. The Morgan fingerprint density at radius 1 is 1.03 bits per heavy atom. The van der Waals surface area contributed by atoms with Crippen molar-refractivity contribution in [3.63, 3.8) is 0 Å². The van der Waals surface area contributed by atoms with Crippen LogP contribution in [0.1, 0.15) is 11.3 Å². The molecule has 0 radical (unpaired) electrons. The summed E-state index contributed by atoms with van der Waals surface area (Å²) in [7, 11) is -4.04. The lowest BCUT2D eigenvalue weighted by molar-refractivity contribution is -0.116. The molecule has 0 aliphatic rings. The Kier molecular flexibility index (Phi) is 6.04. The smallest absolute Gasteiger partial charge is 0.270 e. The predicted molar refractivity (Wildman–Crippen MR) is 115 cm³/mol. The van der Waals surface area contributed by atoms with Gasteiger partial charge in [0.15, 0.2) is 0 Å². The van der Waals surface area contributed by atoms with Crippen LogP contribution in [0.5, 0.6) is 0 Å². The van der Waals surface area contributed by atoms with E-state index in [1.165, 1.54) is 16.7 Å². The van der Waals surface area contributed by atoms with Crippen molar-refractivity contribution in [1.82, 2.24) is 4.57 Å². The molecule has 6 nitrogen and oxygen atoms in total. The van der Waals surface area contributed by atoms with E-state index in [1.807, 2.05) is 6.07 Å². The lowest BCUT2D eigenvalue weighted by atomic mass is 10.2. The van der Waals surface area contributed by atoms with Crippen LogP contribution in [0.15, 0.2) is 79.7 Å². The fraction of sp³-hybridized carbons (Fsp3) is 0.143. The number of halogens is 1. The molecule has 2 aromatic carbocycles. The number of nitrogens with zero attached hydrogens (tertiary/aromatic N) is 1. The van der Waals surface area contributed by atoms with Crippen LogP contribution >= 0.6 is 15.9 Å². The Hall–Kier alpha value is -2.71. The minimum absolute atomic E-state index is 0.0186. The number of rotatable bonds is 5. The second kappa shape index (κ2) is 8.34. The van der Waals surface area contributed by atoms with Crippen molar-refractivity contribution in [3.05, 3.63) is 86.7 Å². The number of benzene rings is 2. The van der Waals surface area contributed by atoms with Gasteiger partial charge in [-0.15, -0.1) is 0 Å². The number of aromatic nitrogens is 1. The van der Waals surface area contributed by atoms with Gasteiger partial charge in [-0.05, 0) is 61.9 Å². The molecule has 0 fully saturated rings. The Morgan fingerprint density at radius 3 is 2.28 bits per heavy atom. The first-order valence-electron chi connectivity index (χ1n) is 8.77. The summed E-state index contributed by atoms with van der Waals surface area (Å²) in [4.78, 5) is 25.2. The van der Waals surface area contributed by atoms with Crippen molar-refractivity contribution in [2.45, 2.75) is 30.2 Å². The van der Waals surface area contributed by atoms with E-state index < -0.39 is 21.3 Å². The van der Waals surface area contributed by atoms with Gasteiger partial charge in [0.25, 0.3) is 5.56 Å². The maximum atomic E-state index is 13.1. The zero-order valence-electron chi connectivity index (χ0n) is 15.8. The van der Waals surface area contributed by atoms with E-state index in [-0.39, 0.29) is 16.3 Å². The minimum Gasteiger partial charge on any atom is -0.325 e. The van der Waals surface area contributed by atoms with Crippen LogP contribution in [-0.2, 0) is 21.2 Å². The summed E-state index contributed by atoms with van der Waals surface area (Å²) < 4.78 is 28.1. The van der Waals surface area contributed by atoms with E-state index in [0.29, 0.717) is 16.9 Å². The zero-order chi connectivity index (χ0) is 21.2. The third-order valence-corrected chi connectivity index (χ3v) is 6.86. The summed E-state index contributed by atoms with van der Waals surface area (Å²) in [6.45, 7) is 2.96. The largest absolute Gasteiger partial charge is 0.325 e. The number of anilines is 1. The quantitative estimate of drug-likeness (QED) is 0.610. The van der Waals surface area contributed by atoms with Gasteiger partial charge in [-0.1, -0.05) is 34.1 Å². The Morgan fingerprint density at radius 2 is 1.66 bits per heavy atom. The number of aryl methyl sites for hydroxylation is 2. The van der Waals surface area contributed by atoms with Gasteiger partial charge in [0.2, 0.25) is 15.7 Å². The van der Waals surface area contributed by atoms with Gasteiger partial charge in [0.05, 0.1) is 4.90 Å². The van der Waals surface area contributed by atoms with Gasteiger partial charge < -0.3 is 9.88 Å². The highest BCUT2D eigenvalue weighted by Crippen LogP contribution is 2.23. The average molecular weight is 475 g/mol. The summed E-state index contributed by atoms with van der Waals surface area (Å²) in [6, 6.07) is 16.5. The van der Waals surface area contributed by atoms with Gasteiger partial charge in [-0.2, -0.15) is 0 Å². The molecular weight excluding hydrogens is 456 g/mol. The second-order valence-corrected chi connectivity index (χ2v) is 9.36. The molecule has 1 amide bonds. The van der Waals surface area contributed by atoms with Crippen LogP contribution in [-0.4, -0.2) is 18.9 Å². The Labute approximate surface area is 177 Å². The lowest BCUT2D eigenvalue weighted by Gasteiger charge is -2.15. The molecule has 150 valence electrons. The summed E-state index contributed by atoms with van der Waals surface area (Å²) in [5.41, 5.74) is 0.729. The minimum atomic E-state index is -4.04. The van der Waals surface area contributed by atoms with E-state index in [2.05, 4.69) is 21.2 Å². The molecule has 0 unspecified atom stereocenters. The molecule has 3 aromatic rings. The molecule has 0 spiro atoms. The highest BCUT2D eigenvalue weighted by atomic mass is 79.9. The number of carbonyl (C=O) groups is 1. The van der Waals surface area contributed by atoms with Crippen molar-refractivity contribution in [2.75, 3.05) is 5.32 Å². The molecular formula is C21H19BrN2O4S. The first-order chi connectivity index (χ1) is 13.7. The predicted octanol–water partition coefficient (Wildman–Crippen LogP) is 3.70. The molecule has 29 heavy (non-hydrogen) atoms. The molecule has 1 N–H and O–H groups in total. The van der Waals surface area contributed by atoms with Crippen molar-refractivity contribution in [3.8, 4) is 0 Å². The maximum Gasteiger partial charge on any atom is 0.270 e. The van der Waals surface area contributed by atoms with E-state index >= 15 is 0 Å². The van der Waals surface area contributed by atoms with Crippen LogP contribution in [0.25, 0.3) is 0 Å². The second-order valence-electron chi connectivity index (χ2n) is 6.56. The van der Waals surface area contributed by atoms with Gasteiger partial charge >= 0.3 is 0 Å². The lowest BCUT2D eigenvalue weighted by Crippen LogP contribution is -2.33. The molecule has 3 rings (SSSR count). The van der Waals surface area contributed by atoms with Crippen LogP contribution in [0.2, 0.25) is 0 Å². The van der Waals surface area contributed by atoms with E-state index in [0.717, 1.165) is 4.47 Å². The number of amides is 1. The van der Waals surface area contributed by atoms with Crippen molar-refractivity contribution in [1.29, 1.82) is 0 Å². The third kappa shape index (κ3) is 4.49. The molecule has 1 heterocycles. The number of sulfone groups is 1. The standard InChI is InChI=1S/C21H19BrN2O4S/c1-14-12-15(2)24(13-19(25)23-17-6-4-3-5-7-17)21(26)20(14)29(27,28)18-10-8-16(22)9-11-18/h3-12H,13H2,1-2H3,(H,23,25). The van der Waals surface area contributed by atoms with E-state index in [9.17, 15) is 18.0 Å². The van der Waals surface area contributed by atoms with Crippen molar-refractivity contribution in [2.24, 2.45) is 0 Å². The molecule has 0 aliphatic carbocycles. The van der Waals surface area contributed by atoms with Crippen LogP contribution in [0.4, 0.5) is 5.69 Å². The molecule has 0 saturated heterocycles. The highest BCUT2D eigenvalue weighted by Gasteiger charge is 2.26. The topological polar surface area (TPSA) is 85.2 Å². The van der Waals surface area contributed by atoms with Crippen molar-refractivity contribution >= 4 is 37.4 Å². The number of nitrogens with one attached hydrogen (secondary N) is 1. The fourth-order valence-corrected chi connectivity index (χ4v) is 4.85. The molecule has 8 heteroatoms. The Balaban J connectivity index is 2.01. The van der Waals surface area contributed by atoms with Gasteiger partial charge in [0, 0.05) is 15.9 Å². The first kappa shape index (κ1) is 21.0. The Bertz CT molecular complexity index is 1220. The van der Waals surface area contributed by atoms with Crippen molar-refractivity contribution < 1.29 is 13.2 Å². The number of para-hydroxylation sites is 1. The fourth-order valence-electron chi connectivity index (χ4n) is 3.03. The highest BCUT2D eigenvalue weighted by molar-refractivity contribution is 9.10. The number of carbonyl (C=O) groups excluding carboxylic acids is 1. The van der Waals surface area contributed by atoms with Gasteiger partial charge in [-0.25, -0.2) is 8.42 Å². The maximum absolute atomic E-state index is 13.1. The van der Waals surface area contributed by atoms with E-state index in [4.69, 9.17) is 0 Å². The van der Waals surface area contributed by atoms with E-state index in [1.54, 1.807) is 56.3 Å². The number of hydrogen-bond donors (Lipinski definition) is 1. The molecule has 0 atom stereocenters. The SMILES string of the molecule is Cc1cc(C)n(CC(=O)Nc2ccccc2)c(=O)c1S(=O)(=O)c1ccc(Br)cc1. The first-order valence-corrected chi connectivity index (χ1v) is 11.0. The van der Waals surface area contributed by atoms with Gasteiger partial charge in [-0.3, -0.25) is 9.59 Å². The van der Waals surface area contributed by atoms with Crippen LogP contribution in [0, 0.1) is 13.8 Å². The average Bonchev–Trinajstić information content (AvgIpc) is 2.66. The number of hydrogen-bond acceptors (Lipinski definition) is 4. The third-order valence-electron chi connectivity index (χ3n) is 4.40. The van der Waals surface area contributed by atoms with Crippen LogP contribution < -0.4 is 10.9 Å². The normalized spacial score (nSPS) is 11.3. The number of pyridine rings is 1. The zero-order valence-corrected chi connectivity index (χ0v) is 18.2. The summed E-state index contributed by atoms with van der Waals surface area (Å²) in [5, 5.41) is 2.70. The van der Waals surface area contributed by atoms with Crippen LogP contribution in [0.3, 0.4) is 0 Å². The molecule has 0 aliphatic heterocycles. The van der Waals surface area contributed by atoms with Gasteiger partial charge in [0.1, 0.15) is 11.4 Å².